The molecule has 1 aromatic rings. The maximum atomic E-state index is 11.0. The van der Waals surface area contributed by atoms with Gasteiger partial charge in [0.25, 0.3) is 0 Å². The molecule has 0 saturated carbocycles. The van der Waals surface area contributed by atoms with E-state index in [0.717, 1.165) is 0 Å². The minimum absolute atomic E-state index is 0.0635. The highest BCUT2D eigenvalue weighted by molar-refractivity contribution is 9.10. The summed E-state index contributed by atoms with van der Waals surface area (Å²) in [6.45, 7) is 2.14. The zero-order valence-electron chi connectivity index (χ0n) is 6.54. The van der Waals surface area contributed by atoms with Crippen LogP contribution in [-0.2, 0) is 11.3 Å². The molecule has 1 heterocycles. The average molecular weight is 233 g/mol. The first-order valence-electron chi connectivity index (χ1n) is 3.46. The second kappa shape index (κ2) is 4.20. The number of aromatic nitrogens is 3. The number of H-pyrrole nitrogens is 1. The topological polar surface area (TPSA) is 70.7 Å². The van der Waals surface area contributed by atoms with Crippen molar-refractivity contribution in [2.24, 2.45) is 0 Å². The predicted octanol–water partition coefficient (Wildman–Crippen LogP) is 0.204. The van der Waals surface area contributed by atoms with Crippen LogP contribution in [-0.4, -0.2) is 25.9 Å². The molecule has 0 aromatic carbocycles. The van der Waals surface area contributed by atoms with Crippen molar-refractivity contribution in [2.45, 2.75) is 18.3 Å². The SMILES string of the molecule is CC(Br)C(=O)NCc1ncn[nH]1. The van der Waals surface area contributed by atoms with Crippen LogP contribution in [0.25, 0.3) is 0 Å². The maximum Gasteiger partial charge on any atom is 0.233 e. The molecule has 5 nitrogen and oxygen atoms in total. The van der Waals surface area contributed by atoms with E-state index in [9.17, 15) is 4.79 Å². The normalized spacial score (nSPS) is 12.5. The summed E-state index contributed by atoms with van der Waals surface area (Å²) in [5.41, 5.74) is 0. The van der Waals surface area contributed by atoms with E-state index >= 15 is 0 Å². The molecular formula is C6H9BrN4O. The summed E-state index contributed by atoms with van der Waals surface area (Å²) in [7, 11) is 0. The van der Waals surface area contributed by atoms with E-state index in [1.807, 2.05) is 0 Å². The summed E-state index contributed by atoms with van der Waals surface area (Å²) in [6.07, 6.45) is 1.40. The number of nitrogens with one attached hydrogen (secondary N) is 2. The Balaban J connectivity index is 2.32. The van der Waals surface area contributed by atoms with Crippen LogP contribution < -0.4 is 5.32 Å². The van der Waals surface area contributed by atoms with Crippen molar-refractivity contribution in [1.29, 1.82) is 0 Å². The molecule has 0 saturated heterocycles. The number of carbonyl (C=O) groups is 1. The van der Waals surface area contributed by atoms with E-state index in [1.165, 1.54) is 6.33 Å². The highest BCUT2D eigenvalue weighted by atomic mass is 79.9. The molecule has 0 bridgehead atoms. The number of halogens is 1. The fraction of sp³-hybridized carbons (Fsp3) is 0.500. The summed E-state index contributed by atoms with van der Waals surface area (Å²) >= 11 is 3.15. The van der Waals surface area contributed by atoms with Gasteiger partial charge in [-0.3, -0.25) is 9.89 Å². The van der Waals surface area contributed by atoms with Gasteiger partial charge in [-0.2, -0.15) is 5.10 Å². The Morgan fingerprint density at radius 1 is 1.92 bits per heavy atom. The minimum atomic E-state index is -0.180. The van der Waals surface area contributed by atoms with Crippen molar-refractivity contribution in [2.75, 3.05) is 0 Å². The standard InChI is InChI=1S/C6H9BrN4O/c1-4(7)6(12)8-2-5-9-3-10-11-5/h3-4H,2H2,1H3,(H,8,12)(H,9,10,11). The van der Waals surface area contributed by atoms with Gasteiger partial charge >= 0.3 is 0 Å². The number of rotatable bonds is 3. The molecular weight excluding hydrogens is 224 g/mol. The molecule has 0 aliphatic carbocycles. The molecule has 1 aromatic heterocycles. The molecule has 1 atom stereocenters. The van der Waals surface area contributed by atoms with Gasteiger partial charge in [0.15, 0.2) is 0 Å². The van der Waals surface area contributed by atoms with Crippen LogP contribution in [0.4, 0.5) is 0 Å². The van der Waals surface area contributed by atoms with Gasteiger partial charge in [-0.25, -0.2) is 4.98 Å². The number of carbonyl (C=O) groups excluding carboxylic acids is 1. The van der Waals surface area contributed by atoms with Crippen LogP contribution in [0.1, 0.15) is 12.7 Å². The molecule has 66 valence electrons. The molecule has 2 N–H and O–H groups in total. The Labute approximate surface area is 78.1 Å². The Morgan fingerprint density at radius 3 is 3.17 bits per heavy atom. The van der Waals surface area contributed by atoms with Gasteiger partial charge in [0.1, 0.15) is 12.2 Å². The molecule has 0 aliphatic heterocycles. The first-order chi connectivity index (χ1) is 5.70. The highest BCUT2D eigenvalue weighted by Crippen LogP contribution is 1.96. The van der Waals surface area contributed by atoms with E-state index < -0.39 is 0 Å². The van der Waals surface area contributed by atoms with Crippen molar-refractivity contribution in [3.05, 3.63) is 12.2 Å². The van der Waals surface area contributed by atoms with E-state index in [1.54, 1.807) is 6.92 Å². The van der Waals surface area contributed by atoms with E-state index in [0.29, 0.717) is 12.4 Å². The largest absolute Gasteiger partial charge is 0.348 e. The van der Waals surface area contributed by atoms with Gasteiger partial charge in [0.05, 0.1) is 11.4 Å². The van der Waals surface area contributed by atoms with Crippen LogP contribution in [0.2, 0.25) is 0 Å². The predicted molar refractivity (Wildman–Crippen MR) is 46.6 cm³/mol. The second-order valence-corrected chi connectivity index (χ2v) is 3.64. The molecule has 1 amide bonds. The number of aromatic amines is 1. The van der Waals surface area contributed by atoms with Crippen molar-refractivity contribution < 1.29 is 4.79 Å². The highest BCUT2D eigenvalue weighted by Gasteiger charge is 2.07. The maximum absolute atomic E-state index is 11.0. The summed E-state index contributed by atoms with van der Waals surface area (Å²) < 4.78 is 0. The molecule has 1 unspecified atom stereocenters. The first-order valence-corrected chi connectivity index (χ1v) is 4.37. The Hall–Kier alpha value is -0.910. The molecule has 6 heteroatoms. The number of amides is 1. The summed E-state index contributed by atoms with van der Waals surface area (Å²) in [6, 6.07) is 0. The van der Waals surface area contributed by atoms with Crippen LogP contribution in [0.5, 0.6) is 0 Å². The number of hydrogen-bond acceptors (Lipinski definition) is 3. The molecule has 0 aliphatic rings. The smallest absolute Gasteiger partial charge is 0.233 e. The Kier molecular flexibility index (Phi) is 3.21. The summed E-state index contributed by atoms with van der Waals surface area (Å²) in [5.74, 6) is 0.586. The third kappa shape index (κ3) is 2.61. The van der Waals surface area contributed by atoms with Crippen LogP contribution >= 0.6 is 15.9 Å². The van der Waals surface area contributed by atoms with Crippen LogP contribution in [0.3, 0.4) is 0 Å². The van der Waals surface area contributed by atoms with E-state index in [4.69, 9.17) is 0 Å². The van der Waals surface area contributed by atoms with Gasteiger partial charge in [-0.05, 0) is 6.92 Å². The third-order valence-electron chi connectivity index (χ3n) is 1.26. The first kappa shape index (κ1) is 9.18. The molecule has 12 heavy (non-hydrogen) atoms. The number of alkyl halides is 1. The third-order valence-corrected chi connectivity index (χ3v) is 1.67. The quantitative estimate of drug-likeness (QED) is 0.733. The number of hydrogen-bond donors (Lipinski definition) is 2. The monoisotopic (exact) mass is 232 g/mol. The summed E-state index contributed by atoms with van der Waals surface area (Å²) in [5, 5.41) is 8.95. The number of nitrogens with zero attached hydrogens (tertiary/aromatic N) is 2. The van der Waals surface area contributed by atoms with Crippen molar-refractivity contribution >= 4 is 21.8 Å². The van der Waals surface area contributed by atoms with Crippen molar-refractivity contribution in [1.82, 2.24) is 20.5 Å². The lowest BCUT2D eigenvalue weighted by Gasteiger charge is -2.03. The van der Waals surface area contributed by atoms with Crippen LogP contribution in [0, 0.1) is 0 Å². The molecule has 0 fully saturated rings. The zero-order valence-corrected chi connectivity index (χ0v) is 8.13. The van der Waals surface area contributed by atoms with Crippen LogP contribution in [0.15, 0.2) is 6.33 Å². The average Bonchev–Trinajstić information content (AvgIpc) is 2.51. The fourth-order valence-electron chi connectivity index (χ4n) is 0.627. The Bertz CT molecular complexity index is 246. The van der Waals surface area contributed by atoms with Gasteiger partial charge in [-0.1, -0.05) is 15.9 Å². The van der Waals surface area contributed by atoms with E-state index in [2.05, 4.69) is 36.4 Å². The molecule has 1 rings (SSSR count). The lowest BCUT2D eigenvalue weighted by Crippen LogP contribution is -2.29. The lowest BCUT2D eigenvalue weighted by atomic mass is 10.4. The van der Waals surface area contributed by atoms with Crippen molar-refractivity contribution in [3.8, 4) is 0 Å². The second-order valence-electron chi connectivity index (χ2n) is 2.27. The van der Waals surface area contributed by atoms with Gasteiger partial charge in [0, 0.05) is 0 Å². The lowest BCUT2D eigenvalue weighted by molar-refractivity contribution is -0.120. The van der Waals surface area contributed by atoms with Gasteiger partial charge in [-0.15, -0.1) is 0 Å². The van der Waals surface area contributed by atoms with Gasteiger partial charge in [0.2, 0.25) is 5.91 Å². The fourth-order valence-corrected chi connectivity index (χ4v) is 0.789. The molecule has 0 spiro atoms. The molecule has 0 radical (unpaired) electrons. The van der Waals surface area contributed by atoms with E-state index in [-0.39, 0.29) is 10.7 Å². The minimum Gasteiger partial charge on any atom is -0.348 e. The Morgan fingerprint density at radius 2 is 2.67 bits per heavy atom. The summed E-state index contributed by atoms with van der Waals surface area (Å²) in [4.78, 5) is 14.7. The zero-order chi connectivity index (χ0) is 8.97. The van der Waals surface area contributed by atoms with Gasteiger partial charge < -0.3 is 5.32 Å². The van der Waals surface area contributed by atoms with Crippen molar-refractivity contribution in [3.63, 3.8) is 0 Å².